The zero-order valence-corrected chi connectivity index (χ0v) is 25.5. The van der Waals surface area contributed by atoms with Crippen LogP contribution in [0.5, 0.6) is 0 Å². The monoisotopic (exact) mass is 559 g/mol. The average molecular weight is 560 g/mol. The van der Waals surface area contributed by atoms with E-state index >= 15 is 0 Å². The second-order valence-corrected chi connectivity index (χ2v) is 12.5. The van der Waals surface area contributed by atoms with Crippen molar-refractivity contribution in [3.8, 4) is 0 Å². The highest BCUT2D eigenvalue weighted by Crippen LogP contribution is 2.44. The molecule has 0 atom stereocenters. The predicted molar refractivity (Wildman–Crippen MR) is 178 cm³/mol. The standard InChI is InChI=1S/C39H45NO2/c1-3-5-7-9-11-13-19-28(20-14-12-10-8-6-4-2)40-38(41)33-25-23-31-29-21-15-17-27-18-16-22-30(35(27)29)32-24-26-34(39(40)42)37(33)36(31)32/h15-18,21-26,28H,3-14,19-20H2,1-2H3. The van der Waals surface area contributed by atoms with Crippen LogP contribution in [0, 0.1) is 0 Å². The Morgan fingerprint density at radius 3 is 1.45 bits per heavy atom. The number of hydrogen-bond acceptors (Lipinski definition) is 2. The summed E-state index contributed by atoms with van der Waals surface area (Å²) in [5.41, 5.74) is 1.38. The number of imide groups is 1. The molecule has 218 valence electrons. The number of benzene rings is 5. The van der Waals surface area contributed by atoms with Crippen LogP contribution in [0.25, 0.3) is 43.1 Å². The second-order valence-electron chi connectivity index (χ2n) is 12.5. The van der Waals surface area contributed by atoms with Gasteiger partial charge in [0.15, 0.2) is 0 Å². The van der Waals surface area contributed by atoms with E-state index in [0.29, 0.717) is 11.1 Å². The molecule has 1 aliphatic heterocycles. The van der Waals surface area contributed by atoms with E-state index in [1.807, 2.05) is 12.1 Å². The molecule has 0 spiro atoms. The van der Waals surface area contributed by atoms with Crippen molar-refractivity contribution in [2.75, 3.05) is 0 Å². The van der Waals surface area contributed by atoms with Gasteiger partial charge in [0.1, 0.15) is 0 Å². The van der Waals surface area contributed by atoms with Crippen LogP contribution in [0.15, 0.2) is 60.7 Å². The Morgan fingerprint density at radius 1 is 0.500 bits per heavy atom. The van der Waals surface area contributed by atoms with E-state index in [9.17, 15) is 9.59 Å². The molecule has 3 nitrogen and oxygen atoms in total. The molecule has 0 saturated heterocycles. The molecular weight excluding hydrogens is 514 g/mol. The molecule has 0 fully saturated rings. The van der Waals surface area contributed by atoms with Crippen molar-refractivity contribution >= 4 is 54.9 Å². The highest BCUT2D eigenvalue weighted by molar-refractivity contribution is 6.38. The summed E-state index contributed by atoms with van der Waals surface area (Å²) >= 11 is 0. The zero-order chi connectivity index (χ0) is 29.1. The molecular formula is C39H45NO2. The fraction of sp³-hybridized carbons (Fsp3) is 0.436. The van der Waals surface area contributed by atoms with E-state index < -0.39 is 0 Å². The first kappa shape index (κ1) is 28.6. The van der Waals surface area contributed by atoms with Gasteiger partial charge in [0.05, 0.1) is 0 Å². The highest BCUT2D eigenvalue weighted by Gasteiger charge is 2.37. The Bertz CT molecular complexity index is 1600. The molecule has 0 aromatic heterocycles. The van der Waals surface area contributed by atoms with Crippen molar-refractivity contribution in [1.82, 2.24) is 4.90 Å². The smallest absolute Gasteiger partial charge is 0.261 e. The Balaban J connectivity index is 1.35. The minimum atomic E-state index is -0.102. The number of carbonyl (C=O) groups is 2. The number of carbonyl (C=O) groups excluding carboxylic acids is 2. The number of amides is 2. The van der Waals surface area contributed by atoms with Crippen molar-refractivity contribution < 1.29 is 9.59 Å². The Hall–Kier alpha value is -3.46. The summed E-state index contributed by atoms with van der Waals surface area (Å²) in [4.78, 5) is 30.2. The summed E-state index contributed by atoms with van der Waals surface area (Å²) in [5, 5.41) is 9.00. The van der Waals surface area contributed by atoms with Crippen LogP contribution >= 0.6 is 0 Å². The molecule has 0 bridgehead atoms. The van der Waals surface area contributed by atoms with Gasteiger partial charge in [-0.15, -0.1) is 0 Å². The van der Waals surface area contributed by atoms with Crippen LogP contribution in [-0.4, -0.2) is 22.8 Å². The maximum atomic E-state index is 14.3. The van der Waals surface area contributed by atoms with Gasteiger partial charge in [-0.2, -0.15) is 0 Å². The molecule has 1 aliphatic rings. The van der Waals surface area contributed by atoms with E-state index in [1.165, 1.54) is 85.8 Å². The molecule has 6 rings (SSSR count). The van der Waals surface area contributed by atoms with Crippen LogP contribution in [0.3, 0.4) is 0 Å². The average Bonchev–Trinajstić information content (AvgIpc) is 3.01. The maximum absolute atomic E-state index is 14.3. The third kappa shape index (κ3) is 5.16. The first-order valence-electron chi connectivity index (χ1n) is 16.7. The molecule has 0 aliphatic carbocycles. The van der Waals surface area contributed by atoms with Crippen molar-refractivity contribution in [3.63, 3.8) is 0 Å². The number of rotatable bonds is 15. The number of hydrogen-bond donors (Lipinski definition) is 0. The molecule has 42 heavy (non-hydrogen) atoms. The molecule has 0 N–H and O–H groups in total. The van der Waals surface area contributed by atoms with Gasteiger partial charge in [0.25, 0.3) is 11.8 Å². The summed E-state index contributed by atoms with van der Waals surface area (Å²) in [6.45, 7) is 4.49. The molecule has 1 heterocycles. The van der Waals surface area contributed by atoms with Gasteiger partial charge >= 0.3 is 0 Å². The first-order chi connectivity index (χ1) is 20.7. The van der Waals surface area contributed by atoms with Gasteiger partial charge in [0, 0.05) is 22.6 Å². The summed E-state index contributed by atoms with van der Waals surface area (Å²) in [5.74, 6) is -0.203. The van der Waals surface area contributed by atoms with Crippen molar-refractivity contribution in [1.29, 1.82) is 0 Å². The third-order valence-electron chi connectivity index (χ3n) is 9.69. The van der Waals surface area contributed by atoms with E-state index in [4.69, 9.17) is 0 Å². The number of unbranched alkanes of at least 4 members (excludes halogenated alkanes) is 10. The van der Waals surface area contributed by atoms with Gasteiger partial charge in [-0.3, -0.25) is 14.5 Å². The van der Waals surface area contributed by atoms with E-state index in [0.717, 1.165) is 47.2 Å². The fourth-order valence-electron chi connectivity index (χ4n) is 7.50. The van der Waals surface area contributed by atoms with Gasteiger partial charge in [0.2, 0.25) is 0 Å². The minimum absolute atomic E-state index is 0.0349. The molecule has 0 unspecified atom stereocenters. The molecule has 5 aromatic carbocycles. The summed E-state index contributed by atoms with van der Waals surface area (Å²) in [7, 11) is 0. The van der Waals surface area contributed by atoms with Crippen LogP contribution in [0.4, 0.5) is 0 Å². The molecule has 0 saturated carbocycles. The van der Waals surface area contributed by atoms with Crippen molar-refractivity contribution in [3.05, 3.63) is 71.8 Å². The molecule has 2 amide bonds. The van der Waals surface area contributed by atoms with Crippen LogP contribution in [-0.2, 0) is 0 Å². The summed E-state index contributed by atoms with van der Waals surface area (Å²) in [6, 6.07) is 21.1. The highest BCUT2D eigenvalue weighted by atomic mass is 16.2. The van der Waals surface area contributed by atoms with Gasteiger partial charge in [-0.05, 0) is 62.7 Å². The van der Waals surface area contributed by atoms with E-state index in [2.05, 4.69) is 62.4 Å². The second kappa shape index (κ2) is 12.8. The first-order valence-corrected chi connectivity index (χ1v) is 16.7. The van der Waals surface area contributed by atoms with Gasteiger partial charge < -0.3 is 0 Å². The lowest BCUT2D eigenvalue weighted by atomic mass is 9.84. The predicted octanol–water partition coefficient (Wildman–Crippen LogP) is 11.2. The zero-order valence-electron chi connectivity index (χ0n) is 25.5. The maximum Gasteiger partial charge on any atom is 0.261 e. The fourth-order valence-corrected chi connectivity index (χ4v) is 7.50. The summed E-state index contributed by atoms with van der Waals surface area (Å²) in [6.07, 6.45) is 16.4. The lowest BCUT2D eigenvalue weighted by Gasteiger charge is -2.34. The lowest BCUT2D eigenvalue weighted by Crippen LogP contribution is -2.47. The number of nitrogens with zero attached hydrogens (tertiary/aromatic N) is 1. The van der Waals surface area contributed by atoms with Crippen LogP contribution < -0.4 is 0 Å². The Morgan fingerprint density at radius 2 is 0.952 bits per heavy atom. The van der Waals surface area contributed by atoms with E-state index in [-0.39, 0.29) is 17.9 Å². The van der Waals surface area contributed by atoms with Gasteiger partial charge in [-0.25, -0.2) is 0 Å². The lowest BCUT2D eigenvalue weighted by molar-refractivity contribution is 0.0517. The van der Waals surface area contributed by atoms with Crippen molar-refractivity contribution in [2.24, 2.45) is 0 Å². The third-order valence-corrected chi connectivity index (χ3v) is 9.69. The Labute approximate surface area is 250 Å². The van der Waals surface area contributed by atoms with Gasteiger partial charge in [-0.1, -0.05) is 139 Å². The number of fused-ring (bicyclic) bond motifs is 2. The normalized spacial score (nSPS) is 13.6. The molecule has 3 heteroatoms. The van der Waals surface area contributed by atoms with Crippen LogP contribution in [0.1, 0.15) is 124 Å². The van der Waals surface area contributed by atoms with E-state index in [1.54, 1.807) is 4.90 Å². The van der Waals surface area contributed by atoms with Crippen molar-refractivity contribution in [2.45, 2.75) is 110 Å². The molecule has 5 aromatic rings. The Kier molecular flexibility index (Phi) is 8.74. The summed E-state index contributed by atoms with van der Waals surface area (Å²) < 4.78 is 0. The minimum Gasteiger partial charge on any atom is -0.271 e. The quantitative estimate of drug-likeness (QED) is 0.0553. The molecule has 0 radical (unpaired) electrons. The SMILES string of the molecule is CCCCCCCCC(CCCCCCCC)N1C(=O)c2ccc3c4cccc5cccc(c6ccc(c2c36)C1=O)c54. The topological polar surface area (TPSA) is 37.4 Å². The largest absolute Gasteiger partial charge is 0.271 e. The van der Waals surface area contributed by atoms with Crippen LogP contribution in [0.2, 0.25) is 0 Å².